The Balaban J connectivity index is 1.81. The van der Waals surface area contributed by atoms with E-state index in [1.807, 2.05) is 42.5 Å². The molecule has 5 heteroatoms. The lowest BCUT2D eigenvalue weighted by Crippen LogP contribution is -2.31. The zero-order chi connectivity index (χ0) is 22.4. The van der Waals surface area contributed by atoms with Gasteiger partial charge in [-0.3, -0.25) is 4.98 Å². The second kappa shape index (κ2) is 10.00. The molecule has 162 valence electrons. The quantitative estimate of drug-likeness (QED) is 0.559. The van der Waals surface area contributed by atoms with Crippen LogP contribution in [-0.2, 0) is 4.74 Å². The number of nitrogens with one attached hydrogen (secondary N) is 1. The number of pyridine rings is 1. The number of hydrogen-bond donors (Lipinski definition) is 2. The van der Waals surface area contributed by atoms with Gasteiger partial charge in [0.05, 0.1) is 23.4 Å². The summed E-state index contributed by atoms with van der Waals surface area (Å²) in [6.45, 7) is 6.61. The molecule has 1 saturated heterocycles. The average molecular weight is 418 g/mol. The largest absolute Gasteiger partial charge is 0.368 e. The van der Waals surface area contributed by atoms with E-state index in [1.54, 1.807) is 6.20 Å². The van der Waals surface area contributed by atoms with Crippen LogP contribution in [0.4, 0.5) is 0 Å². The van der Waals surface area contributed by atoms with Gasteiger partial charge in [0.25, 0.3) is 0 Å². The van der Waals surface area contributed by atoms with Crippen molar-refractivity contribution in [1.29, 1.82) is 10.7 Å². The van der Waals surface area contributed by atoms with Gasteiger partial charge >= 0.3 is 0 Å². The zero-order valence-electron chi connectivity index (χ0n) is 18.5. The fourth-order valence-electron chi connectivity index (χ4n) is 4.22. The molecule has 0 amide bonds. The molecule has 1 aromatic carbocycles. The first-order valence-corrected chi connectivity index (χ1v) is 10.9. The highest BCUT2D eigenvalue weighted by Crippen LogP contribution is 2.41. The van der Waals surface area contributed by atoms with E-state index >= 15 is 0 Å². The summed E-state index contributed by atoms with van der Waals surface area (Å²) in [4.78, 5) is 4.59. The Morgan fingerprint density at radius 1 is 1.35 bits per heavy atom. The maximum atomic E-state index is 9.89. The summed E-state index contributed by atoms with van der Waals surface area (Å²) in [7, 11) is 0. The van der Waals surface area contributed by atoms with Gasteiger partial charge in [-0.1, -0.05) is 57.5 Å². The molecule has 5 atom stereocenters. The molecule has 2 N–H and O–H groups in total. The molecule has 0 saturated carbocycles. The molecule has 2 aromatic rings. The van der Waals surface area contributed by atoms with E-state index in [0.29, 0.717) is 17.9 Å². The van der Waals surface area contributed by atoms with Crippen LogP contribution in [0.25, 0.3) is 17.2 Å². The van der Waals surface area contributed by atoms with Crippen LogP contribution < -0.4 is 0 Å². The second-order valence-electron chi connectivity index (χ2n) is 8.68. The van der Waals surface area contributed by atoms with E-state index in [-0.39, 0.29) is 17.4 Å². The van der Waals surface area contributed by atoms with Crippen LogP contribution in [0, 0.1) is 34.0 Å². The number of aliphatic hydroxyl groups is 1. The number of aliphatic hydroxyl groups excluding tert-OH is 1. The van der Waals surface area contributed by atoms with Gasteiger partial charge < -0.3 is 15.3 Å². The summed E-state index contributed by atoms with van der Waals surface area (Å²) < 4.78 is 5.72. The molecule has 31 heavy (non-hydrogen) atoms. The van der Waals surface area contributed by atoms with Crippen molar-refractivity contribution in [3.05, 3.63) is 59.9 Å². The number of benzene rings is 1. The normalized spacial score (nSPS) is 23.9. The van der Waals surface area contributed by atoms with Crippen LogP contribution in [0.5, 0.6) is 0 Å². The molecule has 0 bridgehead atoms. The Hall–Kier alpha value is -2.81. The molecule has 2 heterocycles. The van der Waals surface area contributed by atoms with E-state index < -0.39 is 6.29 Å². The second-order valence-corrected chi connectivity index (χ2v) is 8.68. The van der Waals surface area contributed by atoms with Crippen molar-refractivity contribution in [2.45, 2.75) is 52.4 Å². The molecular weight excluding hydrogens is 386 g/mol. The van der Waals surface area contributed by atoms with Gasteiger partial charge in [-0.15, -0.1) is 0 Å². The number of aromatic nitrogens is 1. The summed E-state index contributed by atoms with van der Waals surface area (Å²) in [5, 5.41) is 26.9. The van der Waals surface area contributed by atoms with E-state index in [1.165, 1.54) is 6.21 Å². The first-order chi connectivity index (χ1) is 14.9. The monoisotopic (exact) mass is 417 g/mol. The number of ether oxygens (including phenoxy) is 1. The number of allylic oxidation sites excluding steroid dienone is 1. The lowest BCUT2D eigenvalue weighted by Gasteiger charge is -2.35. The minimum atomic E-state index is -0.785. The first-order valence-electron chi connectivity index (χ1n) is 10.9. The molecule has 0 radical (unpaired) electrons. The van der Waals surface area contributed by atoms with Gasteiger partial charge in [0.2, 0.25) is 0 Å². The summed E-state index contributed by atoms with van der Waals surface area (Å²) in [5.41, 5.74) is 3.13. The van der Waals surface area contributed by atoms with Gasteiger partial charge in [-0.25, -0.2) is 0 Å². The van der Waals surface area contributed by atoms with Crippen LogP contribution in [0.2, 0.25) is 0 Å². The lowest BCUT2D eigenvalue weighted by atomic mass is 9.71. The Morgan fingerprint density at radius 2 is 2.13 bits per heavy atom. The molecule has 0 aliphatic carbocycles. The highest BCUT2D eigenvalue weighted by molar-refractivity contribution is 5.70. The molecule has 5 nitrogen and oxygen atoms in total. The molecule has 1 aliphatic heterocycles. The van der Waals surface area contributed by atoms with Gasteiger partial charge in [-0.05, 0) is 36.0 Å². The minimum absolute atomic E-state index is 0.0515. The van der Waals surface area contributed by atoms with Crippen molar-refractivity contribution in [3.8, 4) is 17.2 Å². The number of rotatable bonds is 8. The van der Waals surface area contributed by atoms with Crippen molar-refractivity contribution in [1.82, 2.24) is 4.98 Å². The Kier molecular flexibility index (Phi) is 7.37. The zero-order valence-corrected chi connectivity index (χ0v) is 18.5. The van der Waals surface area contributed by atoms with E-state index in [4.69, 9.17) is 10.1 Å². The Labute approximate surface area is 184 Å². The summed E-state index contributed by atoms with van der Waals surface area (Å²) in [5.74, 6) is 0.350. The number of hydrogen-bond acceptors (Lipinski definition) is 5. The standard InChI is InChI=1S/C26H31N3O2/c1-4-18(2)26(3,14-24-21(16-28)13-25(30)31-24)12-11-22-10-9-20(17-29-22)23-8-6-5-7-19(23)15-27/h5-12,16-18,21,24-25,28,30H,4,13-14H2,1-3H3/b12-11+,28-16?/t18-,21+,24+,25?,26-/m1/s1. The molecule has 1 fully saturated rings. The third-order valence-electron chi connectivity index (χ3n) is 6.66. The van der Waals surface area contributed by atoms with Crippen molar-refractivity contribution >= 4 is 12.3 Å². The van der Waals surface area contributed by atoms with Gasteiger partial charge in [-0.2, -0.15) is 5.26 Å². The minimum Gasteiger partial charge on any atom is -0.368 e. The Morgan fingerprint density at radius 3 is 2.77 bits per heavy atom. The van der Waals surface area contributed by atoms with Crippen molar-refractivity contribution in [2.75, 3.05) is 0 Å². The molecule has 3 rings (SSSR count). The third kappa shape index (κ3) is 5.28. The molecular formula is C26H31N3O2. The highest BCUT2D eigenvalue weighted by atomic mass is 16.6. The SMILES string of the molecule is CC[C@@H](C)[C@](C)(/C=C/c1ccc(-c2ccccc2C#N)cn1)C[C@@H]1OC(O)C[C@H]1C=N. The van der Waals surface area contributed by atoms with E-state index in [2.05, 4.69) is 37.9 Å². The van der Waals surface area contributed by atoms with Crippen molar-refractivity contribution < 1.29 is 9.84 Å². The van der Waals surface area contributed by atoms with Crippen LogP contribution in [0.1, 0.15) is 51.3 Å². The van der Waals surface area contributed by atoms with Crippen LogP contribution in [0.15, 0.2) is 48.7 Å². The molecule has 1 aromatic heterocycles. The maximum Gasteiger partial charge on any atom is 0.155 e. The number of nitrogens with zero attached hydrogens (tertiary/aromatic N) is 2. The highest BCUT2D eigenvalue weighted by Gasteiger charge is 2.39. The van der Waals surface area contributed by atoms with Crippen LogP contribution in [0.3, 0.4) is 0 Å². The van der Waals surface area contributed by atoms with E-state index in [0.717, 1.165) is 29.7 Å². The van der Waals surface area contributed by atoms with Crippen LogP contribution >= 0.6 is 0 Å². The summed E-state index contributed by atoms with van der Waals surface area (Å²) in [6, 6.07) is 13.7. The third-order valence-corrected chi connectivity index (χ3v) is 6.66. The summed E-state index contributed by atoms with van der Waals surface area (Å²) in [6.07, 6.45) is 8.74. The van der Waals surface area contributed by atoms with E-state index in [9.17, 15) is 10.4 Å². The predicted molar refractivity (Wildman–Crippen MR) is 123 cm³/mol. The van der Waals surface area contributed by atoms with Crippen molar-refractivity contribution in [2.24, 2.45) is 17.3 Å². The summed E-state index contributed by atoms with van der Waals surface area (Å²) >= 11 is 0. The lowest BCUT2D eigenvalue weighted by molar-refractivity contribution is -0.100. The first kappa shape index (κ1) is 22.9. The molecule has 1 unspecified atom stereocenters. The molecule has 0 spiro atoms. The Bertz CT molecular complexity index is 963. The maximum absolute atomic E-state index is 9.89. The van der Waals surface area contributed by atoms with Crippen LogP contribution in [-0.4, -0.2) is 28.7 Å². The average Bonchev–Trinajstić information content (AvgIpc) is 3.16. The fraction of sp³-hybridized carbons (Fsp3) is 0.423. The fourth-order valence-corrected chi connectivity index (χ4v) is 4.22. The smallest absolute Gasteiger partial charge is 0.155 e. The van der Waals surface area contributed by atoms with Crippen molar-refractivity contribution in [3.63, 3.8) is 0 Å². The van der Waals surface area contributed by atoms with Gasteiger partial charge in [0, 0.05) is 35.9 Å². The molecule has 1 aliphatic rings. The van der Waals surface area contributed by atoms with Gasteiger partial charge in [0.1, 0.15) is 0 Å². The number of nitriles is 1. The van der Waals surface area contributed by atoms with Gasteiger partial charge in [0.15, 0.2) is 6.29 Å². The topological polar surface area (TPSA) is 90.0 Å². The predicted octanol–water partition coefficient (Wildman–Crippen LogP) is 5.45.